The van der Waals surface area contributed by atoms with Crippen LogP contribution in [0, 0.1) is 5.82 Å². The molecule has 1 aliphatic heterocycles. The summed E-state index contributed by atoms with van der Waals surface area (Å²) in [7, 11) is 0. The molecular formula is C14H23FN4. The average molecular weight is 266 g/mol. The number of anilines is 1. The van der Waals surface area contributed by atoms with Crippen LogP contribution in [-0.2, 0) is 0 Å². The van der Waals surface area contributed by atoms with E-state index in [1.54, 1.807) is 0 Å². The van der Waals surface area contributed by atoms with E-state index in [1.165, 1.54) is 18.8 Å². The fourth-order valence-corrected chi connectivity index (χ4v) is 2.35. The van der Waals surface area contributed by atoms with Gasteiger partial charge in [-0.25, -0.2) is 14.4 Å². The van der Waals surface area contributed by atoms with Gasteiger partial charge in [-0.2, -0.15) is 0 Å². The summed E-state index contributed by atoms with van der Waals surface area (Å²) < 4.78 is 12.9. The molecule has 5 heteroatoms. The van der Waals surface area contributed by atoms with Crippen LogP contribution in [0.15, 0.2) is 12.4 Å². The number of piperidine rings is 1. The van der Waals surface area contributed by atoms with E-state index in [1.807, 2.05) is 0 Å². The second-order valence-corrected chi connectivity index (χ2v) is 6.18. The Labute approximate surface area is 114 Å². The molecule has 2 heterocycles. The van der Waals surface area contributed by atoms with Crippen LogP contribution in [0.2, 0.25) is 0 Å². The van der Waals surface area contributed by atoms with E-state index in [0.29, 0.717) is 12.0 Å². The lowest BCUT2D eigenvalue weighted by atomic mass is 10.0. The van der Waals surface area contributed by atoms with Crippen LogP contribution < -0.4 is 10.2 Å². The number of hydrogen-bond acceptors (Lipinski definition) is 4. The van der Waals surface area contributed by atoms with Crippen molar-refractivity contribution in [2.24, 2.45) is 0 Å². The summed E-state index contributed by atoms with van der Waals surface area (Å²) in [6, 6.07) is 0.387. The number of nitrogens with one attached hydrogen (secondary N) is 1. The summed E-state index contributed by atoms with van der Waals surface area (Å²) in [5, 5.41) is 3.53. The van der Waals surface area contributed by atoms with Crippen LogP contribution in [0.1, 0.15) is 40.0 Å². The average Bonchev–Trinajstić information content (AvgIpc) is 2.37. The maximum Gasteiger partial charge on any atom is 0.225 e. The Hall–Kier alpha value is -1.23. The van der Waals surface area contributed by atoms with Crippen molar-refractivity contribution in [1.29, 1.82) is 0 Å². The molecule has 0 aromatic carbocycles. The molecule has 1 fully saturated rings. The Morgan fingerprint density at radius 1 is 1.32 bits per heavy atom. The highest BCUT2D eigenvalue weighted by atomic mass is 19.1. The highest BCUT2D eigenvalue weighted by Gasteiger charge is 2.25. The van der Waals surface area contributed by atoms with E-state index in [2.05, 4.69) is 41.0 Å². The first-order valence-corrected chi connectivity index (χ1v) is 6.95. The fraction of sp³-hybridized carbons (Fsp3) is 0.714. The highest BCUT2D eigenvalue weighted by Crippen LogP contribution is 2.21. The molecule has 0 bridgehead atoms. The zero-order chi connectivity index (χ0) is 13.9. The lowest BCUT2D eigenvalue weighted by molar-refractivity contribution is 0.364. The summed E-state index contributed by atoms with van der Waals surface area (Å²) >= 11 is 0. The van der Waals surface area contributed by atoms with Crippen LogP contribution in [0.4, 0.5) is 10.3 Å². The third-order valence-electron chi connectivity index (χ3n) is 3.36. The van der Waals surface area contributed by atoms with Crippen LogP contribution >= 0.6 is 0 Å². The Morgan fingerprint density at radius 2 is 2.00 bits per heavy atom. The van der Waals surface area contributed by atoms with Crippen LogP contribution in [0.3, 0.4) is 0 Å². The Balaban J connectivity index is 2.05. The molecule has 1 aliphatic rings. The topological polar surface area (TPSA) is 41.0 Å². The summed E-state index contributed by atoms with van der Waals surface area (Å²) in [6.07, 6.45) is 5.99. The van der Waals surface area contributed by atoms with E-state index in [0.717, 1.165) is 25.9 Å². The quantitative estimate of drug-likeness (QED) is 0.912. The normalized spacial score (nSPS) is 20.6. The van der Waals surface area contributed by atoms with E-state index < -0.39 is 0 Å². The molecule has 1 atom stereocenters. The van der Waals surface area contributed by atoms with Gasteiger partial charge in [-0.3, -0.25) is 0 Å². The van der Waals surface area contributed by atoms with Gasteiger partial charge >= 0.3 is 0 Å². The SMILES string of the molecule is CC(C)(C)NCC1CCCCN1c1ncc(F)cn1. The van der Waals surface area contributed by atoms with Crippen molar-refractivity contribution in [3.05, 3.63) is 18.2 Å². The highest BCUT2D eigenvalue weighted by molar-refractivity contribution is 5.31. The van der Waals surface area contributed by atoms with Crippen LogP contribution in [0.25, 0.3) is 0 Å². The maximum absolute atomic E-state index is 12.9. The Kier molecular flexibility index (Phi) is 4.34. The van der Waals surface area contributed by atoms with Crippen molar-refractivity contribution in [2.45, 2.75) is 51.6 Å². The molecule has 0 amide bonds. The smallest absolute Gasteiger partial charge is 0.225 e. The van der Waals surface area contributed by atoms with Gasteiger partial charge in [0.05, 0.1) is 12.4 Å². The maximum atomic E-state index is 12.9. The van der Waals surface area contributed by atoms with Gasteiger partial charge in [-0.05, 0) is 40.0 Å². The molecule has 0 saturated carbocycles. The molecule has 1 aromatic rings. The Bertz CT molecular complexity index is 399. The molecule has 1 unspecified atom stereocenters. The van der Waals surface area contributed by atoms with E-state index in [-0.39, 0.29) is 11.4 Å². The third kappa shape index (κ3) is 4.13. The van der Waals surface area contributed by atoms with Gasteiger partial charge in [0.15, 0.2) is 5.82 Å². The zero-order valence-corrected chi connectivity index (χ0v) is 12.0. The molecule has 1 N–H and O–H groups in total. The molecule has 106 valence electrons. The van der Waals surface area contributed by atoms with Crippen LogP contribution in [-0.4, -0.2) is 34.6 Å². The predicted molar refractivity (Wildman–Crippen MR) is 74.7 cm³/mol. The monoisotopic (exact) mass is 266 g/mol. The third-order valence-corrected chi connectivity index (χ3v) is 3.36. The molecule has 1 saturated heterocycles. The van der Waals surface area contributed by atoms with Gasteiger partial charge in [-0.1, -0.05) is 0 Å². The van der Waals surface area contributed by atoms with Crippen molar-refractivity contribution in [1.82, 2.24) is 15.3 Å². The molecule has 1 aromatic heterocycles. The zero-order valence-electron chi connectivity index (χ0n) is 12.0. The fourth-order valence-electron chi connectivity index (χ4n) is 2.35. The second-order valence-electron chi connectivity index (χ2n) is 6.18. The van der Waals surface area contributed by atoms with Crippen molar-refractivity contribution < 1.29 is 4.39 Å². The van der Waals surface area contributed by atoms with Crippen LogP contribution in [0.5, 0.6) is 0 Å². The summed E-state index contributed by atoms with van der Waals surface area (Å²) in [5.41, 5.74) is 0.104. The van der Waals surface area contributed by atoms with E-state index in [9.17, 15) is 4.39 Å². The molecular weight excluding hydrogens is 243 g/mol. The molecule has 0 spiro atoms. The van der Waals surface area contributed by atoms with Gasteiger partial charge in [0.25, 0.3) is 0 Å². The number of hydrogen-bond donors (Lipinski definition) is 1. The van der Waals surface area contributed by atoms with Gasteiger partial charge in [0.1, 0.15) is 0 Å². The summed E-state index contributed by atoms with van der Waals surface area (Å²) in [4.78, 5) is 10.4. The first-order chi connectivity index (χ1) is 8.96. The summed E-state index contributed by atoms with van der Waals surface area (Å²) in [6.45, 7) is 8.34. The Morgan fingerprint density at radius 3 is 2.63 bits per heavy atom. The lowest BCUT2D eigenvalue weighted by Gasteiger charge is -2.37. The number of rotatable bonds is 3. The van der Waals surface area contributed by atoms with Crippen molar-refractivity contribution in [2.75, 3.05) is 18.0 Å². The number of nitrogens with zero attached hydrogens (tertiary/aromatic N) is 3. The van der Waals surface area contributed by atoms with Gasteiger partial charge in [-0.15, -0.1) is 0 Å². The van der Waals surface area contributed by atoms with E-state index in [4.69, 9.17) is 0 Å². The minimum Gasteiger partial charge on any atom is -0.337 e. The van der Waals surface area contributed by atoms with Crippen molar-refractivity contribution >= 4 is 5.95 Å². The minimum absolute atomic E-state index is 0.104. The predicted octanol–water partition coefficient (Wildman–Crippen LogP) is 2.36. The molecule has 19 heavy (non-hydrogen) atoms. The minimum atomic E-state index is -0.384. The molecule has 2 rings (SSSR count). The number of halogens is 1. The molecule has 0 radical (unpaired) electrons. The van der Waals surface area contributed by atoms with Gasteiger partial charge in [0, 0.05) is 24.7 Å². The molecule has 4 nitrogen and oxygen atoms in total. The first kappa shape index (κ1) is 14.2. The molecule has 0 aliphatic carbocycles. The number of aromatic nitrogens is 2. The van der Waals surface area contributed by atoms with Crippen molar-refractivity contribution in [3.63, 3.8) is 0 Å². The van der Waals surface area contributed by atoms with Gasteiger partial charge in [0.2, 0.25) is 5.95 Å². The first-order valence-electron chi connectivity index (χ1n) is 6.95. The van der Waals surface area contributed by atoms with Gasteiger partial charge < -0.3 is 10.2 Å². The second kappa shape index (κ2) is 5.82. The van der Waals surface area contributed by atoms with E-state index >= 15 is 0 Å². The lowest BCUT2D eigenvalue weighted by Crippen LogP contribution is -2.50. The largest absolute Gasteiger partial charge is 0.337 e. The van der Waals surface area contributed by atoms with Crippen molar-refractivity contribution in [3.8, 4) is 0 Å². The summed E-state index contributed by atoms with van der Waals surface area (Å²) in [5.74, 6) is 0.256. The standard InChI is InChI=1S/C14H23FN4/c1-14(2,3)18-10-12-6-4-5-7-19(12)13-16-8-11(15)9-17-13/h8-9,12,18H,4-7,10H2,1-3H3.